The van der Waals surface area contributed by atoms with Crippen LogP contribution in [0.3, 0.4) is 0 Å². The van der Waals surface area contributed by atoms with Gasteiger partial charge in [-0.3, -0.25) is 0 Å². The zero-order valence-electron chi connectivity index (χ0n) is 13.2. The summed E-state index contributed by atoms with van der Waals surface area (Å²) >= 11 is 0. The number of hydrogen-bond acceptors (Lipinski definition) is 2. The van der Waals surface area contributed by atoms with Crippen molar-refractivity contribution in [1.29, 1.82) is 0 Å². The highest BCUT2D eigenvalue weighted by Gasteiger charge is 2.19. The van der Waals surface area contributed by atoms with E-state index in [0.717, 1.165) is 19.5 Å². The average molecular weight is 280 g/mol. The second-order valence-electron chi connectivity index (χ2n) is 6.80. The molecule has 0 unspecified atom stereocenters. The Balaban J connectivity index is 1.74. The second kappa shape index (κ2) is 5.53. The monoisotopic (exact) mass is 280 g/mol. The van der Waals surface area contributed by atoms with Crippen molar-refractivity contribution in [3.63, 3.8) is 0 Å². The Labute approximate surface area is 127 Å². The average Bonchev–Trinajstić information content (AvgIpc) is 2.89. The first-order valence-corrected chi connectivity index (χ1v) is 7.72. The number of para-hydroxylation sites is 1. The Morgan fingerprint density at radius 3 is 2.43 bits per heavy atom. The molecule has 110 valence electrons. The second-order valence-corrected chi connectivity index (χ2v) is 6.80. The standard InChI is InChI=1S/C19H24N2/c1-19(2,3)20-14-15-8-10-17(11-9-15)21-13-12-16-6-4-5-7-18(16)21/h4-11,20H,12-14H2,1-3H3. The summed E-state index contributed by atoms with van der Waals surface area (Å²) in [4.78, 5) is 2.41. The van der Waals surface area contributed by atoms with Gasteiger partial charge < -0.3 is 10.2 Å². The molecule has 0 aromatic heterocycles. The first kappa shape index (κ1) is 14.2. The molecule has 0 fully saturated rings. The van der Waals surface area contributed by atoms with Crippen molar-refractivity contribution in [3.05, 3.63) is 59.7 Å². The Kier molecular flexibility index (Phi) is 3.73. The molecule has 21 heavy (non-hydrogen) atoms. The van der Waals surface area contributed by atoms with Gasteiger partial charge in [-0.05, 0) is 56.5 Å². The molecule has 1 heterocycles. The Morgan fingerprint density at radius 2 is 1.71 bits per heavy atom. The summed E-state index contributed by atoms with van der Waals surface area (Å²) < 4.78 is 0. The van der Waals surface area contributed by atoms with Crippen LogP contribution >= 0.6 is 0 Å². The van der Waals surface area contributed by atoms with Gasteiger partial charge in [0.25, 0.3) is 0 Å². The first-order valence-electron chi connectivity index (χ1n) is 7.72. The fraction of sp³-hybridized carbons (Fsp3) is 0.368. The van der Waals surface area contributed by atoms with E-state index in [1.54, 1.807) is 0 Å². The molecule has 0 spiro atoms. The molecule has 0 radical (unpaired) electrons. The van der Waals surface area contributed by atoms with Gasteiger partial charge in [-0.15, -0.1) is 0 Å². The van der Waals surface area contributed by atoms with Gasteiger partial charge in [0.15, 0.2) is 0 Å². The van der Waals surface area contributed by atoms with E-state index in [1.165, 1.54) is 22.5 Å². The van der Waals surface area contributed by atoms with Crippen LogP contribution in [-0.2, 0) is 13.0 Å². The van der Waals surface area contributed by atoms with Crippen LogP contribution in [0.4, 0.5) is 11.4 Å². The molecule has 3 rings (SSSR count). The molecule has 1 aliphatic heterocycles. The minimum Gasteiger partial charge on any atom is -0.341 e. The third-order valence-electron chi connectivity index (χ3n) is 3.96. The fourth-order valence-corrected chi connectivity index (χ4v) is 2.77. The highest BCUT2D eigenvalue weighted by atomic mass is 15.2. The fourth-order valence-electron chi connectivity index (χ4n) is 2.77. The number of nitrogens with one attached hydrogen (secondary N) is 1. The van der Waals surface area contributed by atoms with Gasteiger partial charge in [0, 0.05) is 30.0 Å². The summed E-state index contributed by atoms with van der Waals surface area (Å²) in [5.74, 6) is 0. The maximum Gasteiger partial charge on any atom is 0.0444 e. The van der Waals surface area contributed by atoms with Crippen LogP contribution in [0, 0.1) is 0 Å². The third-order valence-corrected chi connectivity index (χ3v) is 3.96. The predicted octanol–water partition coefficient (Wildman–Crippen LogP) is 4.27. The molecule has 0 bridgehead atoms. The largest absolute Gasteiger partial charge is 0.341 e. The lowest BCUT2D eigenvalue weighted by molar-refractivity contribution is 0.424. The van der Waals surface area contributed by atoms with Crippen molar-refractivity contribution >= 4 is 11.4 Å². The van der Waals surface area contributed by atoms with Crippen molar-refractivity contribution in [2.75, 3.05) is 11.4 Å². The van der Waals surface area contributed by atoms with E-state index < -0.39 is 0 Å². The predicted molar refractivity (Wildman–Crippen MR) is 90.2 cm³/mol. The lowest BCUT2D eigenvalue weighted by atomic mass is 10.1. The van der Waals surface area contributed by atoms with E-state index in [2.05, 4.69) is 79.5 Å². The number of hydrogen-bond donors (Lipinski definition) is 1. The van der Waals surface area contributed by atoms with Crippen molar-refractivity contribution in [2.45, 2.75) is 39.3 Å². The smallest absolute Gasteiger partial charge is 0.0444 e. The Morgan fingerprint density at radius 1 is 1.00 bits per heavy atom. The van der Waals surface area contributed by atoms with E-state index >= 15 is 0 Å². The summed E-state index contributed by atoms with van der Waals surface area (Å²) in [5, 5.41) is 3.53. The Bertz CT molecular complexity index is 608. The van der Waals surface area contributed by atoms with Crippen LogP contribution in [-0.4, -0.2) is 12.1 Å². The summed E-state index contributed by atoms with van der Waals surface area (Å²) in [6.45, 7) is 8.59. The molecule has 0 amide bonds. The van der Waals surface area contributed by atoms with E-state index in [0.29, 0.717) is 0 Å². The van der Waals surface area contributed by atoms with Gasteiger partial charge in [0.05, 0.1) is 0 Å². The van der Waals surface area contributed by atoms with Crippen LogP contribution in [0.25, 0.3) is 0 Å². The highest BCUT2D eigenvalue weighted by Crippen LogP contribution is 2.34. The molecular weight excluding hydrogens is 256 g/mol. The first-order chi connectivity index (χ1) is 10.0. The van der Waals surface area contributed by atoms with Gasteiger partial charge >= 0.3 is 0 Å². The molecule has 2 nitrogen and oxygen atoms in total. The third kappa shape index (κ3) is 3.27. The number of anilines is 2. The molecule has 1 aliphatic rings. The SMILES string of the molecule is CC(C)(C)NCc1ccc(N2CCc3ccccc32)cc1. The Hall–Kier alpha value is -1.80. The number of nitrogens with zero attached hydrogens (tertiary/aromatic N) is 1. The maximum atomic E-state index is 3.53. The van der Waals surface area contributed by atoms with E-state index in [4.69, 9.17) is 0 Å². The molecule has 2 heteroatoms. The van der Waals surface area contributed by atoms with Crippen molar-refractivity contribution in [3.8, 4) is 0 Å². The van der Waals surface area contributed by atoms with Crippen LogP contribution < -0.4 is 10.2 Å². The van der Waals surface area contributed by atoms with Gasteiger partial charge in [-0.25, -0.2) is 0 Å². The van der Waals surface area contributed by atoms with Crippen LogP contribution in [0.1, 0.15) is 31.9 Å². The van der Waals surface area contributed by atoms with Gasteiger partial charge in [0.2, 0.25) is 0 Å². The molecule has 2 aromatic carbocycles. The maximum absolute atomic E-state index is 3.53. The molecule has 2 aromatic rings. The van der Waals surface area contributed by atoms with E-state index in [1.807, 2.05) is 0 Å². The summed E-state index contributed by atoms with van der Waals surface area (Å²) in [5.41, 5.74) is 5.60. The molecule has 0 saturated heterocycles. The number of rotatable bonds is 3. The van der Waals surface area contributed by atoms with Gasteiger partial charge in [-0.2, -0.15) is 0 Å². The number of benzene rings is 2. The normalized spacial score (nSPS) is 14.3. The number of fused-ring (bicyclic) bond motifs is 1. The zero-order chi connectivity index (χ0) is 14.9. The lowest BCUT2D eigenvalue weighted by Gasteiger charge is -2.22. The molecule has 0 saturated carbocycles. The van der Waals surface area contributed by atoms with E-state index in [-0.39, 0.29) is 5.54 Å². The van der Waals surface area contributed by atoms with Crippen LogP contribution in [0.5, 0.6) is 0 Å². The van der Waals surface area contributed by atoms with Gasteiger partial charge in [-0.1, -0.05) is 30.3 Å². The summed E-state index contributed by atoms with van der Waals surface area (Å²) in [6, 6.07) is 17.6. The van der Waals surface area contributed by atoms with Crippen LogP contribution in [0.2, 0.25) is 0 Å². The molecule has 0 atom stereocenters. The van der Waals surface area contributed by atoms with Gasteiger partial charge in [0.1, 0.15) is 0 Å². The zero-order valence-corrected chi connectivity index (χ0v) is 13.2. The quantitative estimate of drug-likeness (QED) is 0.903. The minimum absolute atomic E-state index is 0.159. The van der Waals surface area contributed by atoms with Crippen molar-refractivity contribution in [1.82, 2.24) is 5.32 Å². The lowest BCUT2D eigenvalue weighted by Crippen LogP contribution is -2.35. The molecular formula is C19H24N2. The highest BCUT2D eigenvalue weighted by molar-refractivity contribution is 5.69. The minimum atomic E-state index is 0.159. The summed E-state index contributed by atoms with van der Waals surface area (Å²) in [6.07, 6.45) is 1.14. The topological polar surface area (TPSA) is 15.3 Å². The van der Waals surface area contributed by atoms with Crippen molar-refractivity contribution < 1.29 is 0 Å². The summed E-state index contributed by atoms with van der Waals surface area (Å²) in [7, 11) is 0. The van der Waals surface area contributed by atoms with Crippen molar-refractivity contribution in [2.24, 2.45) is 0 Å². The van der Waals surface area contributed by atoms with E-state index in [9.17, 15) is 0 Å². The molecule has 0 aliphatic carbocycles. The van der Waals surface area contributed by atoms with Crippen LogP contribution in [0.15, 0.2) is 48.5 Å². The molecule has 1 N–H and O–H groups in total.